The summed E-state index contributed by atoms with van der Waals surface area (Å²) in [5.74, 6) is 0. The molecule has 154 valence electrons. The highest BCUT2D eigenvalue weighted by Crippen LogP contribution is 2.21. The molecule has 0 bridgehead atoms. The molecule has 1 aliphatic rings. The van der Waals surface area contributed by atoms with Gasteiger partial charge in [-0.2, -0.15) is 0 Å². The van der Waals surface area contributed by atoms with Gasteiger partial charge in [0.2, 0.25) is 0 Å². The normalized spacial score (nSPS) is 13.9. The van der Waals surface area contributed by atoms with Crippen molar-refractivity contribution >= 4 is 23.1 Å². The molecule has 0 spiro atoms. The molecule has 1 saturated heterocycles. The van der Waals surface area contributed by atoms with Crippen LogP contribution < -0.4 is 10.2 Å². The summed E-state index contributed by atoms with van der Waals surface area (Å²) in [7, 11) is 0. The zero-order valence-electron chi connectivity index (χ0n) is 16.3. The first-order chi connectivity index (χ1) is 14.6. The van der Waals surface area contributed by atoms with Gasteiger partial charge in [-0.05, 0) is 29.8 Å². The number of aromatic nitrogens is 2. The lowest BCUT2D eigenvalue weighted by Gasteiger charge is -2.36. The number of carbonyl (C=O) groups excluding carboxylic acids is 1. The third kappa shape index (κ3) is 4.57. The minimum absolute atomic E-state index is 0.0767. The molecular formula is C21H22N6O3. The summed E-state index contributed by atoms with van der Waals surface area (Å²) >= 11 is 0. The first-order valence-corrected chi connectivity index (χ1v) is 9.68. The molecule has 1 fully saturated rings. The molecule has 0 aliphatic carbocycles. The molecule has 9 heteroatoms. The fourth-order valence-corrected chi connectivity index (χ4v) is 3.44. The van der Waals surface area contributed by atoms with Gasteiger partial charge in [0.1, 0.15) is 0 Å². The average Bonchev–Trinajstić information content (AvgIpc) is 3.28. The van der Waals surface area contributed by atoms with Gasteiger partial charge < -0.3 is 19.7 Å². The fraction of sp³-hybridized carbons (Fsp3) is 0.238. The molecule has 0 atom stereocenters. The van der Waals surface area contributed by atoms with Crippen LogP contribution in [0, 0.1) is 10.1 Å². The van der Waals surface area contributed by atoms with Gasteiger partial charge in [-0.3, -0.25) is 10.1 Å². The number of anilines is 2. The van der Waals surface area contributed by atoms with Crippen molar-refractivity contribution in [3.8, 4) is 0 Å². The van der Waals surface area contributed by atoms with E-state index in [2.05, 4.69) is 15.2 Å². The van der Waals surface area contributed by atoms with Crippen molar-refractivity contribution in [2.75, 3.05) is 36.4 Å². The van der Waals surface area contributed by atoms with Crippen molar-refractivity contribution in [3.05, 3.63) is 82.9 Å². The van der Waals surface area contributed by atoms with Crippen LogP contribution >= 0.6 is 0 Å². The van der Waals surface area contributed by atoms with Gasteiger partial charge >= 0.3 is 6.03 Å². The topological polar surface area (TPSA) is 96.5 Å². The molecule has 9 nitrogen and oxygen atoms in total. The Kier molecular flexibility index (Phi) is 5.60. The van der Waals surface area contributed by atoms with Crippen LogP contribution in [0.4, 0.5) is 21.9 Å². The standard InChI is InChI=1S/C21H22N6O3/c28-21(23-18-3-1-17(2-4-18)15-24-10-9-22-16-24)26-13-11-25(12-14-26)19-5-7-20(8-6-19)27(29)30/h1-10,16H,11-15H2,(H,23,28). The third-order valence-corrected chi connectivity index (χ3v) is 5.12. The molecule has 0 unspecified atom stereocenters. The molecule has 2 aromatic carbocycles. The monoisotopic (exact) mass is 406 g/mol. The maximum Gasteiger partial charge on any atom is 0.321 e. The van der Waals surface area contributed by atoms with E-state index in [4.69, 9.17) is 0 Å². The van der Waals surface area contributed by atoms with Gasteiger partial charge in [0.05, 0.1) is 11.3 Å². The van der Waals surface area contributed by atoms with Crippen LogP contribution in [0.15, 0.2) is 67.3 Å². The van der Waals surface area contributed by atoms with Gasteiger partial charge in [0.25, 0.3) is 5.69 Å². The summed E-state index contributed by atoms with van der Waals surface area (Å²) in [6.45, 7) is 3.26. The number of nitrogens with one attached hydrogen (secondary N) is 1. The van der Waals surface area contributed by atoms with E-state index in [1.54, 1.807) is 29.6 Å². The number of amides is 2. The molecule has 3 aromatic rings. The van der Waals surface area contributed by atoms with E-state index >= 15 is 0 Å². The molecule has 1 aromatic heterocycles. The van der Waals surface area contributed by atoms with E-state index in [0.717, 1.165) is 23.5 Å². The summed E-state index contributed by atoms with van der Waals surface area (Å²) in [4.78, 5) is 30.9. The molecular weight excluding hydrogens is 384 g/mol. The summed E-state index contributed by atoms with van der Waals surface area (Å²) < 4.78 is 1.98. The zero-order valence-corrected chi connectivity index (χ0v) is 16.3. The molecule has 2 amide bonds. The summed E-state index contributed by atoms with van der Waals surface area (Å²) in [6.07, 6.45) is 5.42. The minimum atomic E-state index is -0.406. The molecule has 1 aliphatic heterocycles. The highest BCUT2D eigenvalue weighted by Gasteiger charge is 2.21. The van der Waals surface area contributed by atoms with E-state index < -0.39 is 4.92 Å². The van der Waals surface area contributed by atoms with Crippen LogP contribution in [0.5, 0.6) is 0 Å². The zero-order chi connectivity index (χ0) is 20.9. The fourth-order valence-electron chi connectivity index (χ4n) is 3.44. The van der Waals surface area contributed by atoms with Gasteiger partial charge in [-0.25, -0.2) is 9.78 Å². The lowest BCUT2D eigenvalue weighted by Crippen LogP contribution is -2.50. The minimum Gasteiger partial charge on any atom is -0.368 e. The van der Waals surface area contributed by atoms with E-state index in [1.165, 1.54) is 12.1 Å². The first-order valence-electron chi connectivity index (χ1n) is 9.68. The lowest BCUT2D eigenvalue weighted by atomic mass is 10.2. The Bertz CT molecular complexity index is 994. The predicted octanol–water partition coefficient (Wildman–Crippen LogP) is 3.19. The second-order valence-corrected chi connectivity index (χ2v) is 7.11. The van der Waals surface area contributed by atoms with Crippen LogP contribution in [-0.2, 0) is 6.54 Å². The maximum absolute atomic E-state index is 12.6. The number of nitro benzene ring substituents is 1. The number of urea groups is 1. The second-order valence-electron chi connectivity index (χ2n) is 7.11. The molecule has 1 N–H and O–H groups in total. The highest BCUT2D eigenvalue weighted by atomic mass is 16.6. The van der Waals surface area contributed by atoms with Gasteiger partial charge in [0, 0.05) is 68.6 Å². The van der Waals surface area contributed by atoms with Crippen molar-refractivity contribution in [1.82, 2.24) is 14.5 Å². The summed E-state index contributed by atoms with van der Waals surface area (Å²) in [5.41, 5.74) is 2.89. The van der Waals surface area contributed by atoms with Crippen LogP contribution in [-0.4, -0.2) is 51.6 Å². The van der Waals surface area contributed by atoms with Crippen LogP contribution in [0.25, 0.3) is 0 Å². The lowest BCUT2D eigenvalue weighted by molar-refractivity contribution is -0.384. The summed E-state index contributed by atoms with van der Waals surface area (Å²) in [5, 5.41) is 13.7. The largest absolute Gasteiger partial charge is 0.368 e. The van der Waals surface area contributed by atoms with Crippen LogP contribution in [0.1, 0.15) is 5.56 Å². The van der Waals surface area contributed by atoms with Gasteiger partial charge in [-0.15, -0.1) is 0 Å². The number of non-ortho nitro benzene ring substituents is 1. The van der Waals surface area contributed by atoms with Crippen LogP contribution in [0.2, 0.25) is 0 Å². The van der Waals surface area contributed by atoms with E-state index in [9.17, 15) is 14.9 Å². The maximum atomic E-state index is 12.6. The van der Waals surface area contributed by atoms with Crippen molar-refractivity contribution in [1.29, 1.82) is 0 Å². The third-order valence-electron chi connectivity index (χ3n) is 5.12. The molecule has 2 heterocycles. The summed E-state index contributed by atoms with van der Waals surface area (Å²) in [6, 6.07) is 14.2. The molecule has 0 radical (unpaired) electrons. The number of carbonyl (C=O) groups is 1. The molecule has 0 saturated carbocycles. The highest BCUT2D eigenvalue weighted by molar-refractivity contribution is 5.89. The average molecular weight is 406 g/mol. The van der Waals surface area contributed by atoms with Crippen molar-refractivity contribution < 1.29 is 9.72 Å². The number of imidazole rings is 1. The number of piperazine rings is 1. The Labute approximate surface area is 173 Å². The van der Waals surface area contributed by atoms with E-state index in [0.29, 0.717) is 26.2 Å². The SMILES string of the molecule is O=C(Nc1ccc(Cn2ccnc2)cc1)N1CCN(c2ccc([N+](=O)[O-])cc2)CC1. The Balaban J connectivity index is 1.28. The first kappa shape index (κ1) is 19.4. The van der Waals surface area contributed by atoms with E-state index in [1.807, 2.05) is 35.0 Å². The number of hydrogen-bond donors (Lipinski definition) is 1. The van der Waals surface area contributed by atoms with Gasteiger partial charge in [0.15, 0.2) is 0 Å². The quantitative estimate of drug-likeness (QED) is 0.518. The Morgan fingerprint density at radius 2 is 1.73 bits per heavy atom. The predicted molar refractivity (Wildman–Crippen MR) is 114 cm³/mol. The van der Waals surface area contributed by atoms with Crippen molar-refractivity contribution in [2.45, 2.75) is 6.54 Å². The Hall–Kier alpha value is -3.88. The van der Waals surface area contributed by atoms with Gasteiger partial charge in [-0.1, -0.05) is 12.1 Å². The number of hydrogen-bond acceptors (Lipinski definition) is 5. The smallest absolute Gasteiger partial charge is 0.321 e. The molecule has 4 rings (SSSR count). The molecule has 30 heavy (non-hydrogen) atoms. The van der Waals surface area contributed by atoms with Crippen molar-refractivity contribution in [3.63, 3.8) is 0 Å². The Morgan fingerprint density at radius 3 is 2.33 bits per heavy atom. The Morgan fingerprint density at radius 1 is 1.03 bits per heavy atom. The van der Waals surface area contributed by atoms with Crippen molar-refractivity contribution in [2.24, 2.45) is 0 Å². The second kappa shape index (κ2) is 8.64. The van der Waals surface area contributed by atoms with E-state index in [-0.39, 0.29) is 11.7 Å². The van der Waals surface area contributed by atoms with Crippen LogP contribution in [0.3, 0.4) is 0 Å². The number of rotatable bonds is 5. The number of nitrogens with zero attached hydrogens (tertiary/aromatic N) is 5. The number of benzene rings is 2. The number of nitro groups is 1.